The molecule has 2 atom stereocenters. The average molecular weight is 265 g/mol. The van der Waals surface area contributed by atoms with Crippen molar-refractivity contribution >= 4 is 17.5 Å². The van der Waals surface area contributed by atoms with Crippen molar-refractivity contribution in [2.45, 2.75) is 31.4 Å². The molecular weight excluding hydrogens is 246 g/mol. The minimum absolute atomic E-state index is 0.271. The highest BCUT2D eigenvalue weighted by Crippen LogP contribution is 2.27. The first-order chi connectivity index (χ1) is 9.15. The number of nitrogens with zero attached hydrogens (tertiary/aromatic N) is 1. The summed E-state index contributed by atoms with van der Waals surface area (Å²) in [7, 11) is 3.05. The van der Waals surface area contributed by atoms with E-state index in [-0.39, 0.29) is 12.1 Å². The standard InChI is InChI=1S/C13H19N3O3/c1-18-9-4-3-8(7-9)16-12-11(14)10(5-6-15-12)13(17)19-2/h5-6,8-9H,3-4,7,14H2,1-2H3,(H,15,16). The Morgan fingerprint density at radius 2 is 2.26 bits per heavy atom. The van der Waals surface area contributed by atoms with Crippen LogP contribution >= 0.6 is 0 Å². The highest BCUT2D eigenvalue weighted by molar-refractivity contribution is 5.97. The fourth-order valence-corrected chi connectivity index (χ4v) is 2.35. The second-order valence-electron chi connectivity index (χ2n) is 4.62. The third kappa shape index (κ3) is 2.96. The van der Waals surface area contributed by atoms with E-state index in [4.69, 9.17) is 10.5 Å². The molecule has 3 N–H and O–H groups in total. The number of nitrogen functional groups attached to an aromatic ring is 1. The van der Waals surface area contributed by atoms with Crippen molar-refractivity contribution in [1.29, 1.82) is 0 Å². The summed E-state index contributed by atoms with van der Waals surface area (Å²) in [6, 6.07) is 1.83. The fourth-order valence-electron chi connectivity index (χ4n) is 2.35. The maximum Gasteiger partial charge on any atom is 0.340 e. The largest absolute Gasteiger partial charge is 0.465 e. The van der Waals surface area contributed by atoms with Gasteiger partial charge in [-0.25, -0.2) is 9.78 Å². The number of nitrogens with two attached hydrogens (primary N) is 1. The molecule has 0 radical (unpaired) electrons. The fraction of sp³-hybridized carbons (Fsp3) is 0.538. The molecule has 1 aliphatic carbocycles. The maximum atomic E-state index is 11.5. The van der Waals surface area contributed by atoms with Crippen LogP contribution in [0.2, 0.25) is 0 Å². The first-order valence-corrected chi connectivity index (χ1v) is 6.27. The molecule has 0 spiro atoms. The average Bonchev–Trinajstić information content (AvgIpc) is 2.88. The lowest BCUT2D eigenvalue weighted by molar-refractivity contribution is 0.0602. The topological polar surface area (TPSA) is 86.5 Å². The Hall–Kier alpha value is -1.82. The van der Waals surface area contributed by atoms with Crippen LogP contribution in [0, 0.1) is 0 Å². The molecule has 1 aliphatic rings. The number of rotatable bonds is 4. The molecular formula is C13H19N3O3. The molecule has 0 saturated heterocycles. The molecule has 1 aromatic rings. The second-order valence-corrected chi connectivity index (χ2v) is 4.62. The van der Waals surface area contributed by atoms with E-state index < -0.39 is 5.97 Å². The van der Waals surface area contributed by atoms with Gasteiger partial charge in [-0.3, -0.25) is 0 Å². The molecule has 0 amide bonds. The van der Waals surface area contributed by atoms with Gasteiger partial charge in [0.25, 0.3) is 0 Å². The Morgan fingerprint density at radius 3 is 2.89 bits per heavy atom. The Bertz CT molecular complexity index is 464. The van der Waals surface area contributed by atoms with Crippen molar-refractivity contribution < 1.29 is 14.3 Å². The number of pyridine rings is 1. The van der Waals surface area contributed by atoms with Crippen LogP contribution in [0.5, 0.6) is 0 Å². The summed E-state index contributed by atoms with van der Waals surface area (Å²) < 4.78 is 10.0. The Kier molecular flexibility index (Phi) is 4.21. The van der Waals surface area contributed by atoms with E-state index in [1.165, 1.54) is 7.11 Å². The minimum atomic E-state index is -0.455. The molecule has 0 aromatic carbocycles. The Balaban J connectivity index is 2.11. The van der Waals surface area contributed by atoms with Crippen LogP contribution in [0.4, 0.5) is 11.5 Å². The smallest absolute Gasteiger partial charge is 0.340 e. The molecule has 1 heterocycles. The van der Waals surface area contributed by atoms with E-state index in [9.17, 15) is 4.79 Å². The third-order valence-electron chi connectivity index (χ3n) is 3.45. The van der Waals surface area contributed by atoms with Gasteiger partial charge >= 0.3 is 5.97 Å². The number of aromatic nitrogens is 1. The van der Waals surface area contributed by atoms with Gasteiger partial charge in [0.15, 0.2) is 0 Å². The third-order valence-corrected chi connectivity index (χ3v) is 3.45. The van der Waals surface area contributed by atoms with Crippen LogP contribution < -0.4 is 11.1 Å². The summed E-state index contributed by atoms with van der Waals surface area (Å²) in [5.74, 6) is 0.0776. The number of ether oxygens (including phenoxy) is 2. The van der Waals surface area contributed by atoms with Crippen LogP contribution in [-0.2, 0) is 9.47 Å². The van der Waals surface area contributed by atoms with Gasteiger partial charge in [-0.05, 0) is 25.3 Å². The highest BCUT2D eigenvalue weighted by atomic mass is 16.5. The van der Waals surface area contributed by atoms with Gasteiger partial charge in [0.05, 0.1) is 24.5 Å². The SMILES string of the molecule is COC(=O)c1ccnc(NC2CCC(OC)C2)c1N. The predicted octanol–water partition coefficient (Wildman–Crippen LogP) is 1.43. The van der Waals surface area contributed by atoms with Crippen LogP contribution in [-0.4, -0.2) is 37.3 Å². The van der Waals surface area contributed by atoms with Crippen molar-refractivity contribution in [2.24, 2.45) is 0 Å². The summed E-state index contributed by atoms with van der Waals surface area (Å²) in [6.45, 7) is 0. The van der Waals surface area contributed by atoms with Crippen LogP contribution in [0.1, 0.15) is 29.6 Å². The van der Waals surface area contributed by atoms with Gasteiger partial charge < -0.3 is 20.5 Å². The summed E-state index contributed by atoms with van der Waals surface area (Å²) in [5, 5.41) is 3.27. The molecule has 1 saturated carbocycles. The zero-order valence-electron chi connectivity index (χ0n) is 11.2. The molecule has 0 bridgehead atoms. The zero-order valence-corrected chi connectivity index (χ0v) is 11.2. The molecule has 104 valence electrons. The molecule has 6 nitrogen and oxygen atoms in total. The van der Waals surface area contributed by atoms with Gasteiger partial charge in [0, 0.05) is 19.3 Å². The minimum Gasteiger partial charge on any atom is -0.465 e. The van der Waals surface area contributed by atoms with Crippen molar-refractivity contribution in [3.05, 3.63) is 17.8 Å². The second kappa shape index (κ2) is 5.88. The molecule has 1 aromatic heterocycles. The Labute approximate surface area is 112 Å². The monoisotopic (exact) mass is 265 g/mol. The lowest BCUT2D eigenvalue weighted by Gasteiger charge is -2.16. The number of hydrogen-bond acceptors (Lipinski definition) is 6. The van der Waals surface area contributed by atoms with E-state index in [1.54, 1.807) is 19.4 Å². The van der Waals surface area contributed by atoms with Gasteiger partial charge in [0.2, 0.25) is 0 Å². The Morgan fingerprint density at radius 1 is 1.47 bits per heavy atom. The van der Waals surface area contributed by atoms with E-state index in [1.807, 2.05) is 0 Å². The molecule has 2 rings (SSSR count). The first-order valence-electron chi connectivity index (χ1n) is 6.27. The quantitative estimate of drug-likeness (QED) is 0.801. The first kappa shape index (κ1) is 13.6. The maximum absolute atomic E-state index is 11.5. The van der Waals surface area contributed by atoms with Crippen molar-refractivity contribution in [3.63, 3.8) is 0 Å². The van der Waals surface area contributed by atoms with Gasteiger partial charge in [-0.2, -0.15) is 0 Å². The van der Waals surface area contributed by atoms with Crippen LogP contribution in [0.3, 0.4) is 0 Å². The normalized spacial score (nSPS) is 22.2. The van der Waals surface area contributed by atoms with Crippen molar-refractivity contribution in [2.75, 3.05) is 25.3 Å². The number of anilines is 2. The predicted molar refractivity (Wildman–Crippen MR) is 72.0 cm³/mol. The van der Waals surface area contributed by atoms with Crippen molar-refractivity contribution in [1.82, 2.24) is 4.98 Å². The summed E-state index contributed by atoms with van der Waals surface area (Å²) in [6.07, 6.45) is 4.77. The van der Waals surface area contributed by atoms with Crippen LogP contribution in [0.25, 0.3) is 0 Å². The van der Waals surface area contributed by atoms with E-state index in [2.05, 4.69) is 15.0 Å². The number of carbonyl (C=O) groups excluding carboxylic acids is 1. The molecule has 1 fully saturated rings. The summed E-state index contributed by atoms with van der Waals surface area (Å²) in [5.41, 5.74) is 6.61. The van der Waals surface area contributed by atoms with E-state index in [0.29, 0.717) is 17.1 Å². The summed E-state index contributed by atoms with van der Waals surface area (Å²) in [4.78, 5) is 15.7. The number of methoxy groups -OCH3 is 2. The lowest BCUT2D eigenvalue weighted by Crippen LogP contribution is -2.20. The molecule has 2 unspecified atom stereocenters. The van der Waals surface area contributed by atoms with E-state index in [0.717, 1.165) is 19.3 Å². The molecule has 19 heavy (non-hydrogen) atoms. The van der Waals surface area contributed by atoms with Gasteiger partial charge in [0.1, 0.15) is 5.82 Å². The summed E-state index contributed by atoms with van der Waals surface area (Å²) >= 11 is 0. The number of esters is 1. The molecule has 0 aliphatic heterocycles. The van der Waals surface area contributed by atoms with Gasteiger partial charge in [-0.1, -0.05) is 0 Å². The van der Waals surface area contributed by atoms with Gasteiger partial charge in [-0.15, -0.1) is 0 Å². The highest BCUT2D eigenvalue weighted by Gasteiger charge is 2.25. The van der Waals surface area contributed by atoms with E-state index >= 15 is 0 Å². The van der Waals surface area contributed by atoms with Crippen molar-refractivity contribution in [3.8, 4) is 0 Å². The zero-order chi connectivity index (χ0) is 13.8. The number of nitrogens with one attached hydrogen (secondary N) is 1. The molecule has 6 heteroatoms. The number of hydrogen-bond donors (Lipinski definition) is 2. The number of carbonyl (C=O) groups is 1. The lowest BCUT2D eigenvalue weighted by atomic mass is 10.2. The van der Waals surface area contributed by atoms with Crippen LogP contribution in [0.15, 0.2) is 12.3 Å².